The molecule has 0 atom stereocenters. The summed E-state index contributed by atoms with van der Waals surface area (Å²) >= 11 is 0. The number of carbonyl (C=O) groups excluding carboxylic acids is 1. The highest BCUT2D eigenvalue weighted by Crippen LogP contribution is 2.26. The molecule has 1 aromatic heterocycles. The van der Waals surface area contributed by atoms with Crippen molar-refractivity contribution in [3.8, 4) is 0 Å². The Morgan fingerprint density at radius 1 is 1.41 bits per heavy atom. The van der Waals surface area contributed by atoms with Gasteiger partial charge in [0.1, 0.15) is 0 Å². The second kappa shape index (κ2) is 4.24. The van der Waals surface area contributed by atoms with Crippen molar-refractivity contribution in [3.05, 3.63) is 35.0 Å². The number of rotatable bonds is 2. The van der Waals surface area contributed by atoms with Gasteiger partial charge in [-0.15, -0.1) is 0 Å². The first-order valence-corrected chi connectivity index (χ1v) is 5.76. The van der Waals surface area contributed by atoms with Gasteiger partial charge in [-0.2, -0.15) is 0 Å². The molecule has 0 bridgehead atoms. The molecule has 0 aliphatic rings. The molecule has 1 aromatic carbocycles. The minimum Gasteiger partial charge on any atom is -0.465 e. The van der Waals surface area contributed by atoms with Gasteiger partial charge in [0.15, 0.2) is 0 Å². The van der Waals surface area contributed by atoms with E-state index < -0.39 is 0 Å². The number of hydrogen-bond donors (Lipinski definition) is 0. The molecule has 0 N–H and O–H groups in total. The Morgan fingerprint density at radius 3 is 2.71 bits per heavy atom. The van der Waals surface area contributed by atoms with E-state index in [9.17, 15) is 4.79 Å². The quantitative estimate of drug-likeness (QED) is 0.744. The molecular weight excluding hydrogens is 214 g/mol. The third-order valence-electron chi connectivity index (χ3n) is 3.40. The Kier molecular flexibility index (Phi) is 2.92. The maximum atomic E-state index is 11.5. The Morgan fingerprint density at radius 2 is 2.12 bits per heavy atom. The van der Waals surface area contributed by atoms with Crippen LogP contribution in [-0.2, 0) is 18.2 Å². The van der Waals surface area contributed by atoms with E-state index in [-0.39, 0.29) is 5.97 Å². The molecule has 90 valence electrons. The van der Waals surface area contributed by atoms with E-state index in [1.807, 2.05) is 25.2 Å². The average Bonchev–Trinajstić information content (AvgIpc) is 2.60. The van der Waals surface area contributed by atoms with E-state index in [0.29, 0.717) is 5.56 Å². The van der Waals surface area contributed by atoms with Crippen LogP contribution in [0.2, 0.25) is 0 Å². The van der Waals surface area contributed by atoms with Gasteiger partial charge in [0, 0.05) is 23.6 Å². The largest absolute Gasteiger partial charge is 0.465 e. The van der Waals surface area contributed by atoms with E-state index in [4.69, 9.17) is 4.74 Å². The van der Waals surface area contributed by atoms with Crippen molar-refractivity contribution < 1.29 is 9.53 Å². The van der Waals surface area contributed by atoms with Crippen molar-refractivity contribution in [2.24, 2.45) is 7.05 Å². The fraction of sp³-hybridized carbons (Fsp3) is 0.357. The Balaban J connectivity index is 2.70. The second-order valence-corrected chi connectivity index (χ2v) is 4.20. The summed E-state index contributed by atoms with van der Waals surface area (Å²) in [7, 11) is 3.43. The van der Waals surface area contributed by atoms with Crippen molar-refractivity contribution in [3.63, 3.8) is 0 Å². The van der Waals surface area contributed by atoms with Crippen LogP contribution in [0.15, 0.2) is 18.2 Å². The van der Waals surface area contributed by atoms with Crippen molar-refractivity contribution in [2.45, 2.75) is 20.3 Å². The molecule has 0 fully saturated rings. The summed E-state index contributed by atoms with van der Waals surface area (Å²) in [5.41, 5.74) is 4.29. The average molecular weight is 231 g/mol. The summed E-state index contributed by atoms with van der Waals surface area (Å²) in [6, 6.07) is 5.73. The van der Waals surface area contributed by atoms with Crippen LogP contribution < -0.4 is 0 Å². The molecule has 0 amide bonds. The highest BCUT2D eigenvalue weighted by Gasteiger charge is 2.13. The van der Waals surface area contributed by atoms with Gasteiger partial charge < -0.3 is 9.30 Å². The lowest BCUT2D eigenvalue weighted by atomic mass is 10.1. The molecule has 0 unspecified atom stereocenters. The van der Waals surface area contributed by atoms with Gasteiger partial charge in [0.2, 0.25) is 0 Å². The minimum atomic E-state index is -0.288. The van der Waals surface area contributed by atoms with Gasteiger partial charge in [-0.3, -0.25) is 0 Å². The fourth-order valence-corrected chi connectivity index (χ4v) is 2.33. The van der Waals surface area contributed by atoms with E-state index >= 15 is 0 Å². The fourth-order valence-electron chi connectivity index (χ4n) is 2.33. The number of methoxy groups -OCH3 is 1. The topological polar surface area (TPSA) is 31.2 Å². The molecular formula is C14H17NO2. The molecule has 2 rings (SSSR count). The number of carbonyl (C=O) groups is 1. The van der Waals surface area contributed by atoms with Crippen LogP contribution >= 0.6 is 0 Å². The molecule has 2 aromatic rings. The lowest BCUT2D eigenvalue weighted by Gasteiger charge is -2.01. The zero-order valence-corrected chi connectivity index (χ0v) is 10.7. The van der Waals surface area contributed by atoms with Crippen LogP contribution in [0.4, 0.5) is 0 Å². The number of ether oxygens (including phenoxy) is 1. The summed E-state index contributed by atoms with van der Waals surface area (Å²) in [5, 5.41) is 1.22. The van der Waals surface area contributed by atoms with Crippen LogP contribution in [0.1, 0.15) is 28.5 Å². The molecule has 0 aliphatic heterocycles. The summed E-state index contributed by atoms with van der Waals surface area (Å²) in [5.74, 6) is -0.288. The number of aryl methyl sites for hydroxylation is 2. The van der Waals surface area contributed by atoms with Gasteiger partial charge >= 0.3 is 5.97 Å². The van der Waals surface area contributed by atoms with Crippen molar-refractivity contribution in [1.29, 1.82) is 0 Å². The maximum Gasteiger partial charge on any atom is 0.337 e. The Labute approximate surface area is 101 Å². The predicted octanol–water partition coefficient (Wildman–Crippen LogP) is 2.84. The number of aromatic nitrogens is 1. The van der Waals surface area contributed by atoms with Gasteiger partial charge in [-0.1, -0.05) is 13.0 Å². The first-order chi connectivity index (χ1) is 8.10. The van der Waals surface area contributed by atoms with Gasteiger partial charge in [0.25, 0.3) is 0 Å². The zero-order chi connectivity index (χ0) is 12.6. The normalized spacial score (nSPS) is 10.8. The third-order valence-corrected chi connectivity index (χ3v) is 3.40. The highest BCUT2D eigenvalue weighted by atomic mass is 16.5. The first kappa shape index (κ1) is 11.7. The summed E-state index contributed by atoms with van der Waals surface area (Å²) in [6.07, 6.45) is 1.00. The van der Waals surface area contributed by atoms with Crippen molar-refractivity contribution in [1.82, 2.24) is 4.57 Å². The molecule has 0 saturated heterocycles. The monoisotopic (exact) mass is 231 g/mol. The van der Waals surface area contributed by atoms with Crippen LogP contribution in [0, 0.1) is 6.92 Å². The van der Waals surface area contributed by atoms with Crippen LogP contribution in [-0.4, -0.2) is 17.6 Å². The van der Waals surface area contributed by atoms with Crippen LogP contribution in [0.25, 0.3) is 10.9 Å². The zero-order valence-electron chi connectivity index (χ0n) is 10.7. The Bertz CT molecular complexity index is 581. The predicted molar refractivity (Wildman–Crippen MR) is 68.4 cm³/mol. The van der Waals surface area contributed by atoms with E-state index in [1.165, 1.54) is 23.8 Å². The number of fused-ring (bicyclic) bond motifs is 1. The highest BCUT2D eigenvalue weighted by molar-refractivity contribution is 5.96. The van der Waals surface area contributed by atoms with E-state index in [1.54, 1.807) is 0 Å². The Hall–Kier alpha value is -1.77. The molecule has 0 aliphatic carbocycles. The molecule has 17 heavy (non-hydrogen) atoms. The lowest BCUT2D eigenvalue weighted by Crippen LogP contribution is -2.01. The van der Waals surface area contributed by atoms with Gasteiger partial charge in [-0.05, 0) is 31.0 Å². The SMILES string of the molecule is CCc1c(C)n(C)c2cc(C(=O)OC)ccc12. The van der Waals surface area contributed by atoms with Crippen LogP contribution in [0.5, 0.6) is 0 Å². The van der Waals surface area contributed by atoms with Gasteiger partial charge in [0.05, 0.1) is 12.7 Å². The molecule has 3 nitrogen and oxygen atoms in total. The van der Waals surface area contributed by atoms with E-state index in [0.717, 1.165) is 11.9 Å². The number of nitrogens with zero attached hydrogens (tertiary/aromatic N) is 1. The number of esters is 1. The lowest BCUT2D eigenvalue weighted by molar-refractivity contribution is 0.0601. The van der Waals surface area contributed by atoms with Crippen LogP contribution in [0.3, 0.4) is 0 Å². The molecule has 0 spiro atoms. The third kappa shape index (κ3) is 1.71. The van der Waals surface area contributed by atoms with Crippen molar-refractivity contribution >= 4 is 16.9 Å². The smallest absolute Gasteiger partial charge is 0.337 e. The van der Waals surface area contributed by atoms with Gasteiger partial charge in [-0.25, -0.2) is 4.79 Å². The van der Waals surface area contributed by atoms with Crippen molar-refractivity contribution in [2.75, 3.05) is 7.11 Å². The standard InChI is InChI=1S/C14H17NO2/c1-5-11-9(2)15(3)13-8-10(14(16)17-4)6-7-12(11)13/h6-8H,5H2,1-4H3. The maximum absolute atomic E-state index is 11.5. The summed E-state index contributed by atoms with van der Waals surface area (Å²) < 4.78 is 6.87. The number of benzene rings is 1. The second-order valence-electron chi connectivity index (χ2n) is 4.20. The van der Waals surface area contributed by atoms with E-state index in [2.05, 4.69) is 18.4 Å². The molecule has 1 heterocycles. The molecule has 0 radical (unpaired) electrons. The first-order valence-electron chi connectivity index (χ1n) is 5.76. The minimum absolute atomic E-state index is 0.288. The summed E-state index contributed by atoms with van der Waals surface area (Å²) in [6.45, 7) is 4.26. The molecule has 3 heteroatoms. The molecule has 0 saturated carbocycles. The number of hydrogen-bond acceptors (Lipinski definition) is 2. The summed E-state index contributed by atoms with van der Waals surface area (Å²) in [4.78, 5) is 11.5.